The van der Waals surface area contributed by atoms with Crippen molar-refractivity contribution in [2.75, 3.05) is 0 Å². The molecule has 0 N–H and O–H groups in total. The van der Waals surface area contributed by atoms with Crippen molar-refractivity contribution in [3.05, 3.63) is 291 Å². The molecule has 0 radical (unpaired) electrons. The van der Waals surface area contributed by atoms with Crippen LogP contribution in [-0.4, -0.2) is 19.9 Å². The minimum Gasteiger partial charge on any atom is -0.456 e. The molecule has 0 saturated heterocycles. The zero-order valence-corrected chi connectivity index (χ0v) is 49.9. The van der Waals surface area contributed by atoms with Crippen molar-refractivity contribution < 1.29 is 4.42 Å². The molecule has 21 rings (SSSR count). The maximum atomic E-state index is 6.80. The molecule has 0 amide bonds. The van der Waals surface area contributed by atoms with Crippen LogP contribution in [0.4, 0.5) is 0 Å². The molecule has 0 spiro atoms. The number of fused-ring (bicyclic) bond motifs is 35. The number of furan rings is 1. The highest BCUT2D eigenvalue weighted by atomic mass is 16.3. The van der Waals surface area contributed by atoms with Gasteiger partial charge in [0.05, 0.1) is 27.8 Å². The lowest BCUT2D eigenvalue weighted by molar-refractivity contribution is 0.669. The van der Waals surface area contributed by atoms with E-state index in [0.717, 1.165) is 147 Å². The Hall–Kier alpha value is -12.4. The Morgan fingerprint density at radius 3 is 1.38 bits per heavy atom. The number of hydrogen-bond acceptors (Lipinski definition) is 5. The predicted molar refractivity (Wildman–Crippen MR) is 393 cm³/mol. The minimum atomic E-state index is 0.703. The molecule has 5 heteroatoms. The zero-order chi connectivity index (χ0) is 60.6. The van der Waals surface area contributed by atoms with Crippen LogP contribution >= 0.6 is 0 Å². The summed E-state index contributed by atoms with van der Waals surface area (Å²) in [6.45, 7) is 0. The third kappa shape index (κ3) is 7.56. The van der Waals surface area contributed by atoms with Gasteiger partial charge in [0.15, 0.2) is 5.65 Å². The smallest absolute Gasteiger partial charge is 0.161 e. The molecule has 0 aliphatic rings. The summed E-state index contributed by atoms with van der Waals surface area (Å²) < 4.78 is 6.80. The maximum Gasteiger partial charge on any atom is 0.161 e. The van der Waals surface area contributed by atoms with E-state index in [1.54, 1.807) is 0 Å². The Morgan fingerprint density at radius 1 is 0.215 bits per heavy atom. The summed E-state index contributed by atoms with van der Waals surface area (Å²) in [5.74, 6) is 0. The van der Waals surface area contributed by atoms with Crippen LogP contribution in [0.15, 0.2) is 296 Å². The Labute approximate surface area is 530 Å². The van der Waals surface area contributed by atoms with E-state index in [1.165, 1.54) is 64.6 Å². The van der Waals surface area contributed by atoms with Gasteiger partial charge in [0.1, 0.15) is 11.2 Å². The first-order valence-electron chi connectivity index (χ1n) is 31.8. The Bertz CT molecular complexity index is 7070. The predicted octanol–water partition coefficient (Wildman–Crippen LogP) is 24.1. The molecular weight excluding hydrogens is 1130 g/mol. The topological polar surface area (TPSA) is 64.7 Å². The molecule has 6 aromatic heterocycles. The lowest BCUT2D eigenvalue weighted by Gasteiger charge is -2.14. The van der Waals surface area contributed by atoms with Gasteiger partial charge in [-0.3, -0.25) is 4.98 Å². The number of nitrogens with zero attached hydrogens (tertiary/aromatic N) is 4. The van der Waals surface area contributed by atoms with E-state index in [-0.39, 0.29) is 0 Å². The number of para-hydroxylation sites is 1. The fourth-order valence-corrected chi connectivity index (χ4v) is 15.6. The monoisotopic (exact) mass is 1180 g/mol. The largest absolute Gasteiger partial charge is 0.456 e. The molecule has 0 unspecified atom stereocenters. The van der Waals surface area contributed by atoms with Crippen LogP contribution in [0.2, 0.25) is 0 Å². The van der Waals surface area contributed by atoms with Crippen molar-refractivity contribution in [1.29, 1.82) is 0 Å². The Morgan fingerprint density at radius 2 is 0.688 bits per heavy atom. The molecule has 15 aromatic carbocycles. The molecule has 21 aromatic rings. The molecule has 426 valence electrons. The number of pyridine rings is 2. The fourth-order valence-electron chi connectivity index (χ4n) is 15.6. The summed E-state index contributed by atoms with van der Waals surface area (Å²) in [6.07, 6.45) is 2.04. The van der Waals surface area contributed by atoms with Crippen molar-refractivity contribution in [2.45, 2.75) is 0 Å². The second kappa shape index (κ2) is 19.0. The van der Waals surface area contributed by atoms with Crippen LogP contribution in [0.3, 0.4) is 0 Å². The van der Waals surface area contributed by atoms with Crippen molar-refractivity contribution in [3.63, 3.8) is 0 Å². The first kappa shape index (κ1) is 50.4. The van der Waals surface area contributed by atoms with E-state index in [0.29, 0.717) is 5.65 Å². The minimum absolute atomic E-state index is 0.703. The molecule has 6 heterocycles. The summed E-state index contributed by atoms with van der Waals surface area (Å²) in [6, 6.07) is 104. The molecule has 0 aliphatic heterocycles. The van der Waals surface area contributed by atoms with E-state index in [1.807, 2.05) is 6.20 Å². The van der Waals surface area contributed by atoms with Crippen molar-refractivity contribution in [1.82, 2.24) is 19.9 Å². The summed E-state index contributed by atoms with van der Waals surface area (Å²) >= 11 is 0. The normalized spacial score (nSPS) is 12.3. The van der Waals surface area contributed by atoms with Crippen LogP contribution in [0.1, 0.15) is 0 Å². The van der Waals surface area contributed by atoms with Crippen LogP contribution in [0.25, 0.3) is 217 Å². The van der Waals surface area contributed by atoms with Gasteiger partial charge < -0.3 is 4.42 Å². The van der Waals surface area contributed by atoms with E-state index in [9.17, 15) is 0 Å². The van der Waals surface area contributed by atoms with Crippen LogP contribution in [0.5, 0.6) is 0 Å². The summed E-state index contributed by atoms with van der Waals surface area (Å²) in [5, 5.41) is 33.0. The fraction of sp³-hybridized carbons (Fsp3) is 0. The van der Waals surface area contributed by atoms with Gasteiger partial charge in [-0.1, -0.05) is 194 Å². The quantitative estimate of drug-likeness (QED) is 0.161. The van der Waals surface area contributed by atoms with E-state index in [2.05, 4.69) is 285 Å². The Kier molecular flexibility index (Phi) is 10.3. The Balaban J connectivity index is 0.733. The van der Waals surface area contributed by atoms with Gasteiger partial charge in [-0.2, -0.15) is 0 Å². The maximum absolute atomic E-state index is 6.80. The van der Waals surface area contributed by atoms with Crippen LogP contribution in [0, 0.1) is 0 Å². The first-order chi connectivity index (χ1) is 46.0. The zero-order valence-electron chi connectivity index (χ0n) is 49.9. The number of aromatic nitrogens is 4. The van der Waals surface area contributed by atoms with Gasteiger partial charge in [-0.25, -0.2) is 15.0 Å². The van der Waals surface area contributed by atoms with Gasteiger partial charge in [0.2, 0.25) is 0 Å². The molecule has 0 aliphatic carbocycles. The summed E-state index contributed by atoms with van der Waals surface area (Å²) in [4.78, 5) is 21.8. The molecule has 0 saturated carbocycles. The second-order valence-electron chi connectivity index (χ2n) is 25.2. The molecule has 0 atom stereocenters. The van der Waals surface area contributed by atoms with Gasteiger partial charge >= 0.3 is 0 Å². The highest BCUT2D eigenvalue weighted by Crippen LogP contribution is 2.45. The summed E-state index contributed by atoms with van der Waals surface area (Å²) in [5.41, 5.74) is 10.0. The average molecular weight is 1180 g/mol. The number of rotatable bonds is 2. The highest BCUT2D eigenvalue weighted by Gasteiger charge is 2.19. The molecule has 0 fully saturated rings. The van der Waals surface area contributed by atoms with E-state index < -0.39 is 0 Å². The van der Waals surface area contributed by atoms with E-state index in [4.69, 9.17) is 24.4 Å². The lowest BCUT2D eigenvalue weighted by atomic mass is 9.90. The SMILES string of the molecule is c1cc2cc(c1)c1ccc3c4ccccc4c4cccc(c5cc6cnc(-c7ccc8oc9cc(-c%10ccc%11c(c%10)c%10cccc%12c%13nc%14ccccc%14c(n%13)c%13cccc(c%13)c%13cccc(c%13)c%13ccc%11c(c%13)c%12%10)ccc9c8c7)cc6c(n5)c5cccc2c5)c4c3c1. The second-order valence-corrected chi connectivity index (χ2v) is 25.2. The van der Waals surface area contributed by atoms with Gasteiger partial charge in [-0.15, -0.1) is 0 Å². The van der Waals surface area contributed by atoms with Crippen LogP contribution in [-0.2, 0) is 0 Å². The van der Waals surface area contributed by atoms with E-state index >= 15 is 0 Å². The standard InChI is InChI=1S/C88H48N4O/c1-2-20-64-63(19-1)66-33-28-56-42-77(66)84-69(64)22-9-24-71(84)81-45-62-48-89-80(47-74(62)87(90-81)61-18-8-16-54(40-61)50-12-6-13-51(56)38-50)59-31-36-82-76(44-59)68-35-30-58(46-83(68)93-82)55-27-32-65-67-34-29-57-43-78(67)85-70(75(65)41-55)23-10-25-73(85)88-91-79-26-4-3-21-72(79)86(92-88)60-17-7-15-53(39-60)49-11-5-14-52(57)37-49/h1-48H. The van der Waals surface area contributed by atoms with Gasteiger partial charge in [0.25, 0.3) is 0 Å². The molecular formula is C88H48N4O. The third-order valence-electron chi connectivity index (χ3n) is 20.1. The van der Waals surface area contributed by atoms with Crippen molar-refractivity contribution >= 4 is 195 Å². The molecule has 5 nitrogen and oxygen atoms in total. The number of benzene rings is 15. The van der Waals surface area contributed by atoms with Crippen molar-refractivity contribution in [3.8, 4) is 22.4 Å². The molecule has 16 bridgehead atoms. The average Bonchev–Trinajstić information content (AvgIpc) is 1.16. The van der Waals surface area contributed by atoms with Crippen LogP contribution < -0.4 is 0 Å². The third-order valence-corrected chi connectivity index (χ3v) is 20.1. The first-order valence-corrected chi connectivity index (χ1v) is 31.8. The van der Waals surface area contributed by atoms with Gasteiger partial charge in [0, 0.05) is 65.6 Å². The summed E-state index contributed by atoms with van der Waals surface area (Å²) in [7, 11) is 0. The lowest BCUT2D eigenvalue weighted by Crippen LogP contribution is -1.90. The molecule has 93 heavy (non-hydrogen) atoms. The number of hydrogen-bond donors (Lipinski definition) is 0. The van der Waals surface area contributed by atoms with Gasteiger partial charge in [-0.05, 0) is 204 Å². The highest BCUT2D eigenvalue weighted by molar-refractivity contribution is 6.34. The van der Waals surface area contributed by atoms with Crippen molar-refractivity contribution in [2.24, 2.45) is 0 Å².